The molecule has 1 unspecified atom stereocenters. The number of rotatable bonds is 5. The van der Waals surface area contributed by atoms with Gasteiger partial charge in [0.1, 0.15) is 4.90 Å². The van der Waals surface area contributed by atoms with E-state index in [2.05, 4.69) is 25.6 Å². The minimum absolute atomic E-state index is 0.120. The van der Waals surface area contributed by atoms with Crippen molar-refractivity contribution in [3.05, 3.63) is 22.9 Å². The second-order valence-corrected chi connectivity index (χ2v) is 7.29. The van der Waals surface area contributed by atoms with Crippen molar-refractivity contribution in [1.82, 2.24) is 9.71 Å². The van der Waals surface area contributed by atoms with Crippen molar-refractivity contribution in [2.45, 2.75) is 23.1 Å². The maximum atomic E-state index is 11.9. The molecule has 17 heavy (non-hydrogen) atoms. The Kier molecular flexibility index (Phi) is 4.07. The van der Waals surface area contributed by atoms with Gasteiger partial charge in [-0.15, -0.1) is 11.6 Å². The lowest BCUT2D eigenvalue weighted by molar-refractivity contribution is 0.575. The Morgan fingerprint density at radius 2 is 2.24 bits per heavy atom. The Morgan fingerprint density at radius 1 is 1.53 bits per heavy atom. The third kappa shape index (κ3) is 3.64. The van der Waals surface area contributed by atoms with Gasteiger partial charge < -0.3 is 0 Å². The summed E-state index contributed by atoms with van der Waals surface area (Å²) in [5, 5.41) is -0.120. The summed E-state index contributed by atoms with van der Waals surface area (Å²) in [6.45, 7) is 0.265. The SMILES string of the molecule is O=S(=O)(NCC(Cl)C1CC1)c1cncc(Br)c1. The molecule has 0 spiro atoms. The highest BCUT2D eigenvalue weighted by molar-refractivity contribution is 9.10. The average Bonchev–Trinajstić information content (AvgIpc) is 3.10. The predicted molar refractivity (Wildman–Crippen MR) is 69.5 cm³/mol. The largest absolute Gasteiger partial charge is 0.262 e. The lowest BCUT2D eigenvalue weighted by Crippen LogP contribution is -2.30. The number of hydrogen-bond donors (Lipinski definition) is 1. The van der Waals surface area contributed by atoms with Crippen LogP contribution in [0.3, 0.4) is 0 Å². The summed E-state index contributed by atoms with van der Waals surface area (Å²) < 4.78 is 26.9. The minimum atomic E-state index is -3.51. The number of nitrogens with one attached hydrogen (secondary N) is 1. The van der Waals surface area contributed by atoms with Gasteiger partial charge in [0.05, 0.1) is 0 Å². The number of nitrogens with zero attached hydrogens (tertiary/aromatic N) is 1. The van der Waals surface area contributed by atoms with Crippen molar-refractivity contribution in [3.63, 3.8) is 0 Å². The first-order valence-corrected chi connectivity index (χ1v) is 7.94. The minimum Gasteiger partial charge on any atom is -0.262 e. The van der Waals surface area contributed by atoms with Gasteiger partial charge in [0.25, 0.3) is 0 Å². The van der Waals surface area contributed by atoms with Crippen molar-refractivity contribution >= 4 is 37.6 Å². The fraction of sp³-hybridized carbons (Fsp3) is 0.500. The molecule has 1 N–H and O–H groups in total. The van der Waals surface area contributed by atoms with Crippen LogP contribution >= 0.6 is 27.5 Å². The number of hydrogen-bond acceptors (Lipinski definition) is 3. The van der Waals surface area contributed by atoms with Gasteiger partial charge >= 0.3 is 0 Å². The second-order valence-electron chi connectivity index (χ2n) is 4.04. The Bertz CT molecular complexity index is 505. The maximum absolute atomic E-state index is 11.9. The highest BCUT2D eigenvalue weighted by atomic mass is 79.9. The van der Waals surface area contributed by atoms with E-state index in [-0.39, 0.29) is 16.8 Å². The summed E-state index contributed by atoms with van der Waals surface area (Å²) in [6.07, 6.45) is 5.03. The first-order valence-electron chi connectivity index (χ1n) is 5.23. The fourth-order valence-electron chi connectivity index (χ4n) is 1.44. The Morgan fingerprint density at radius 3 is 2.82 bits per heavy atom. The second kappa shape index (κ2) is 5.22. The van der Waals surface area contributed by atoms with Crippen molar-refractivity contribution in [2.75, 3.05) is 6.54 Å². The zero-order valence-corrected chi connectivity index (χ0v) is 12.1. The highest BCUT2D eigenvalue weighted by Gasteiger charge is 2.30. The van der Waals surface area contributed by atoms with E-state index in [1.165, 1.54) is 18.5 Å². The summed E-state index contributed by atoms with van der Waals surface area (Å²) in [6, 6.07) is 1.51. The van der Waals surface area contributed by atoms with Gasteiger partial charge in [-0.25, -0.2) is 13.1 Å². The molecule has 1 aromatic rings. The van der Waals surface area contributed by atoms with Gasteiger partial charge in [-0.05, 0) is 40.8 Å². The number of pyridine rings is 1. The number of alkyl halides is 1. The molecule has 0 amide bonds. The molecule has 1 saturated carbocycles. The molecular formula is C10H12BrClN2O2S. The number of halogens is 2. The van der Waals surface area contributed by atoms with Gasteiger partial charge in [0.2, 0.25) is 10.0 Å². The van der Waals surface area contributed by atoms with Crippen LogP contribution < -0.4 is 4.72 Å². The van der Waals surface area contributed by atoms with E-state index < -0.39 is 10.0 Å². The predicted octanol–water partition coefficient (Wildman–Crippen LogP) is 2.14. The van der Waals surface area contributed by atoms with Crippen LogP contribution in [0.25, 0.3) is 0 Å². The van der Waals surface area contributed by atoms with E-state index in [9.17, 15) is 8.42 Å². The standard InChI is InChI=1S/C10H12BrClN2O2S/c11-8-3-9(5-13-4-8)17(15,16)14-6-10(12)7-1-2-7/h3-5,7,10,14H,1-2,6H2. The summed E-state index contributed by atoms with van der Waals surface area (Å²) in [4.78, 5) is 3.97. The first kappa shape index (κ1) is 13.3. The first-order chi connectivity index (χ1) is 7.99. The molecule has 0 radical (unpaired) electrons. The monoisotopic (exact) mass is 338 g/mol. The van der Waals surface area contributed by atoms with Crippen molar-refractivity contribution in [3.8, 4) is 0 Å². The average molecular weight is 340 g/mol. The molecule has 1 fully saturated rings. The molecule has 0 aliphatic heterocycles. The topological polar surface area (TPSA) is 59.1 Å². The van der Waals surface area contributed by atoms with Gasteiger partial charge in [0, 0.05) is 28.8 Å². The van der Waals surface area contributed by atoms with Gasteiger partial charge in [0.15, 0.2) is 0 Å². The maximum Gasteiger partial charge on any atom is 0.242 e. The molecule has 1 aliphatic rings. The number of sulfonamides is 1. The summed E-state index contributed by atoms with van der Waals surface area (Å²) in [5.74, 6) is 0.458. The third-order valence-electron chi connectivity index (χ3n) is 2.59. The quantitative estimate of drug-likeness (QED) is 0.836. The fourth-order valence-corrected chi connectivity index (χ4v) is 3.42. The van der Waals surface area contributed by atoms with Crippen molar-refractivity contribution in [2.24, 2.45) is 5.92 Å². The summed E-state index contributed by atoms with van der Waals surface area (Å²) in [7, 11) is -3.51. The van der Waals surface area contributed by atoms with Crippen LogP contribution in [0.2, 0.25) is 0 Å². The van der Waals surface area contributed by atoms with E-state index in [0.29, 0.717) is 10.4 Å². The lowest BCUT2D eigenvalue weighted by atomic mass is 10.3. The lowest BCUT2D eigenvalue weighted by Gasteiger charge is -2.10. The van der Waals surface area contributed by atoms with Crippen molar-refractivity contribution in [1.29, 1.82) is 0 Å². The van der Waals surface area contributed by atoms with Crippen LogP contribution in [0.4, 0.5) is 0 Å². The van der Waals surface area contributed by atoms with Crippen LogP contribution in [-0.4, -0.2) is 25.3 Å². The molecule has 4 nitrogen and oxygen atoms in total. The van der Waals surface area contributed by atoms with Crippen molar-refractivity contribution < 1.29 is 8.42 Å². The summed E-state index contributed by atoms with van der Waals surface area (Å²) >= 11 is 9.24. The van der Waals surface area contributed by atoms with Crippen LogP contribution in [0.15, 0.2) is 27.8 Å². The van der Waals surface area contributed by atoms with Crippen LogP contribution in [0.1, 0.15) is 12.8 Å². The van der Waals surface area contributed by atoms with Crippen LogP contribution in [0.5, 0.6) is 0 Å². The zero-order chi connectivity index (χ0) is 12.5. The van der Waals surface area contributed by atoms with Gasteiger partial charge in [-0.1, -0.05) is 0 Å². The van der Waals surface area contributed by atoms with E-state index in [1.54, 1.807) is 0 Å². The molecule has 0 saturated heterocycles. The highest BCUT2D eigenvalue weighted by Crippen LogP contribution is 2.35. The van der Waals surface area contributed by atoms with Crippen LogP contribution in [-0.2, 0) is 10.0 Å². The third-order valence-corrected chi connectivity index (χ3v) is 4.93. The molecule has 94 valence electrons. The van der Waals surface area contributed by atoms with Gasteiger partial charge in [-0.2, -0.15) is 0 Å². The van der Waals surface area contributed by atoms with E-state index in [4.69, 9.17) is 11.6 Å². The molecule has 1 aliphatic carbocycles. The normalized spacial score (nSPS) is 18.0. The number of aromatic nitrogens is 1. The Labute approximate surface area is 114 Å². The molecule has 0 aromatic carbocycles. The van der Waals surface area contributed by atoms with E-state index in [1.807, 2.05) is 0 Å². The zero-order valence-electron chi connectivity index (χ0n) is 8.94. The molecule has 1 atom stereocenters. The molecule has 1 aromatic heterocycles. The Balaban J connectivity index is 2.03. The Hall–Kier alpha value is -0.170. The molecule has 0 bridgehead atoms. The van der Waals surface area contributed by atoms with Crippen LogP contribution in [0, 0.1) is 5.92 Å². The van der Waals surface area contributed by atoms with E-state index in [0.717, 1.165) is 12.8 Å². The molecule has 7 heteroatoms. The molecular weight excluding hydrogens is 328 g/mol. The van der Waals surface area contributed by atoms with E-state index >= 15 is 0 Å². The molecule has 2 rings (SSSR count). The summed E-state index contributed by atoms with van der Waals surface area (Å²) in [5.41, 5.74) is 0. The van der Waals surface area contributed by atoms with Gasteiger partial charge in [-0.3, -0.25) is 4.98 Å². The molecule has 1 heterocycles. The smallest absolute Gasteiger partial charge is 0.242 e.